The maximum absolute atomic E-state index is 13.1. The maximum Gasteiger partial charge on any atom is 0.406 e. The highest BCUT2D eigenvalue weighted by molar-refractivity contribution is 7.99. The minimum Gasteiger partial charge on any atom is -0.497 e. The van der Waals surface area contributed by atoms with Crippen LogP contribution in [-0.4, -0.2) is 50.6 Å². The zero-order valence-electron chi connectivity index (χ0n) is 16.1. The molecular formula is C19H16F3N5O3S. The molecule has 0 unspecified atom stereocenters. The van der Waals surface area contributed by atoms with Crippen molar-refractivity contribution >= 4 is 23.6 Å². The summed E-state index contributed by atoms with van der Waals surface area (Å²) in [5.41, 5.74) is 0.636. The van der Waals surface area contributed by atoms with Gasteiger partial charge in [0.2, 0.25) is 5.91 Å². The maximum atomic E-state index is 13.1. The predicted octanol–water partition coefficient (Wildman–Crippen LogP) is 2.96. The number of pyridine rings is 1. The molecule has 0 saturated heterocycles. The van der Waals surface area contributed by atoms with Gasteiger partial charge in [0.25, 0.3) is 5.91 Å². The Bertz CT molecular complexity index is 1060. The molecule has 1 N–H and O–H groups in total. The molecule has 0 atom stereocenters. The Hall–Kier alpha value is -3.41. The fraction of sp³-hybridized carbons (Fsp3) is 0.211. The minimum absolute atomic E-state index is 0.00283. The minimum atomic E-state index is -4.52. The van der Waals surface area contributed by atoms with Crippen LogP contribution in [0.3, 0.4) is 0 Å². The molecule has 2 amide bonds. The van der Waals surface area contributed by atoms with Crippen molar-refractivity contribution in [1.29, 1.82) is 0 Å². The molecule has 8 nitrogen and oxygen atoms in total. The second-order valence-corrected chi connectivity index (χ2v) is 7.08. The number of amides is 2. The van der Waals surface area contributed by atoms with Crippen molar-refractivity contribution in [3.63, 3.8) is 0 Å². The second-order valence-electron chi connectivity index (χ2n) is 6.14. The Morgan fingerprint density at radius 2 is 1.77 bits per heavy atom. The third-order valence-electron chi connectivity index (χ3n) is 3.93. The molecule has 162 valence electrons. The van der Waals surface area contributed by atoms with Crippen LogP contribution in [0.5, 0.6) is 5.75 Å². The summed E-state index contributed by atoms with van der Waals surface area (Å²) < 4.78 is 45.1. The highest BCUT2D eigenvalue weighted by Gasteiger charge is 2.31. The van der Waals surface area contributed by atoms with Gasteiger partial charge in [-0.2, -0.15) is 13.2 Å². The van der Waals surface area contributed by atoms with Crippen molar-refractivity contribution in [3.05, 3.63) is 54.4 Å². The summed E-state index contributed by atoms with van der Waals surface area (Å²) in [6, 6.07) is 9.10. The van der Waals surface area contributed by atoms with E-state index in [1.807, 2.05) is 0 Å². The lowest BCUT2D eigenvalue weighted by Gasteiger charge is -2.12. The Balaban J connectivity index is 1.69. The Kier molecular flexibility index (Phi) is 6.90. The lowest BCUT2D eigenvalue weighted by Crippen LogP contribution is -2.32. The fourth-order valence-corrected chi connectivity index (χ4v) is 3.28. The number of hydrogen-bond acceptors (Lipinski definition) is 7. The van der Waals surface area contributed by atoms with E-state index in [1.165, 1.54) is 43.8 Å². The van der Waals surface area contributed by atoms with Crippen LogP contribution in [-0.2, 0) is 11.3 Å². The molecule has 12 heteroatoms. The SMILES string of the molecule is COc1ccc(C(=O)NC(=O)CSc2nnc(-c3ccncc3)n2CC(F)(F)F)cc1. The number of aromatic nitrogens is 4. The van der Waals surface area contributed by atoms with E-state index in [1.54, 1.807) is 12.1 Å². The molecule has 0 aliphatic rings. The molecule has 1 aromatic carbocycles. The molecule has 0 radical (unpaired) electrons. The summed E-state index contributed by atoms with van der Waals surface area (Å²) in [5.74, 6) is -1.10. The van der Waals surface area contributed by atoms with E-state index in [-0.39, 0.29) is 22.3 Å². The van der Waals surface area contributed by atoms with Crippen LogP contribution in [0.1, 0.15) is 10.4 Å². The van der Waals surface area contributed by atoms with Gasteiger partial charge in [-0.15, -0.1) is 10.2 Å². The summed E-state index contributed by atoms with van der Waals surface area (Å²) in [6.45, 7) is -1.33. The van der Waals surface area contributed by atoms with Gasteiger partial charge in [-0.05, 0) is 36.4 Å². The van der Waals surface area contributed by atoms with Gasteiger partial charge in [0.15, 0.2) is 11.0 Å². The smallest absolute Gasteiger partial charge is 0.406 e. The number of imide groups is 1. The molecule has 0 aliphatic carbocycles. The number of carbonyl (C=O) groups excluding carboxylic acids is 2. The summed E-state index contributed by atoms with van der Waals surface area (Å²) in [5, 5.41) is 9.69. The van der Waals surface area contributed by atoms with Crippen molar-refractivity contribution in [2.45, 2.75) is 17.9 Å². The summed E-state index contributed by atoms with van der Waals surface area (Å²) >= 11 is 0.744. The first-order chi connectivity index (χ1) is 14.8. The highest BCUT2D eigenvalue weighted by Crippen LogP contribution is 2.28. The topological polar surface area (TPSA) is 99.0 Å². The third-order valence-corrected chi connectivity index (χ3v) is 4.90. The molecule has 3 rings (SSSR count). The second kappa shape index (κ2) is 9.60. The van der Waals surface area contributed by atoms with Crippen LogP contribution in [0.2, 0.25) is 0 Å². The van der Waals surface area contributed by atoms with Crippen LogP contribution in [0, 0.1) is 0 Å². The molecule has 2 heterocycles. The summed E-state index contributed by atoms with van der Waals surface area (Å²) in [7, 11) is 1.48. The number of alkyl halides is 3. The van der Waals surface area contributed by atoms with Crippen LogP contribution in [0.15, 0.2) is 53.9 Å². The molecule has 0 bridgehead atoms. The van der Waals surface area contributed by atoms with Gasteiger partial charge < -0.3 is 4.74 Å². The van der Waals surface area contributed by atoms with E-state index in [0.29, 0.717) is 11.3 Å². The number of thioether (sulfide) groups is 1. The fourth-order valence-electron chi connectivity index (χ4n) is 2.54. The van der Waals surface area contributed by atoms with Gasteiger partial charge >= 0.3 is 6.18 Å². The third kappa shape index (κ3) is 6.04. The molecule has 2 aromatic heterocycles. The van der Waals surface area contributed by atoms with E-state index in [4.69, 9.17) is 4.74 Å². The molecule has 31 heavy (non-hydrogen) atoms. The highest BCUT2D eigenvalue weighted by atomic mass is 32.2. The number of ether oxygens (including phenoxy) is 1. The molecule has 0 saturated carbocycles. The van der Waals surface area contributed by atoms with Gasteiger partial charge in [-0.25, -0.2) is 0 Å². The first-order valence-corrected chi connectivity index (χ1v) is 9.77. The number of nitrogens with one attached hydrogen (secondary N) is 1. The summed E-state index contributed by atoms with van der Waals surface area (Å²) in [6.07, 6.45) is -1.67. The van der Waals surface area contributed by atoms with Crippen molar-refractivity contribution in [2.24, 2.45) is 0 Å². The molecular weight excluding hydrogens is 435 g/mol. The average molecular weight is 451 g/mol. The quantitative estimate of drug-likeness (QED) is 0.552. The first-order valence-electron chi connectivity index (χ1n) is 8.78. The number of rotatable bonds is 7. The van der Waals surface area contributed by atoms with Gasteiger partial charge in [0.1, 0.15) is 12.3 Å². The lowest BCUT2D eigenvalue weighted by molar-refractivity contribution is -0.141. The molecule has 0 aliphatic heterocycles. The zero-order chi connectivity index (χ0) is 22.4. The molecule has 3 aromatic rings. The lowest BCUT2D eigenvalue weighted by atomic mass is 10.2. The van der Waals surface area contributed by atoms with E-state index in [0.717, 1.165) is 16.3 Å². The van der Waals surface area contributed by atoms with E-state index >= 15 is 0 Å². The van der Waals surface area contributed by atoms with Crippen molar-refractivity contribution in [3.8, 4) is 17.1 Å². The molecule has 0 fully saturated rings. The van der Waals surface area contributed by atoms with Crippen molar-refractivity contribution in [1.82, 2.24) is 25.1 Å². The van der Waals surface area contributed by atoms with E-state index in [9.17, 15) is 22.8 Å². The Morgan fingerprint density at radius 3 is 2.39 bits per heavy atom. The Morgan fingerprint density at radius 1 is 1.10 bits per heavy atom. The van der Waals surface area contributed by atoms with Crippen LogP contribution >= 0.6 is 11.8 Å². The number of halogens is 3. The van der Waals surface area contributed by atoms with Crippen molar-refractivity contribution < 1.29 is 27.5 Å². The van der Waals surface area contributed by atoms with E-state index < -0.39 is 24.5 Å². The van der Waals surface area contributed by atoms with Gasteiger partial charge in [-0.1, -0.05) is 11.8 Å². The number of carbonyl (C=O) groups is 2. The number of nitrogens with zero attached hydrogens (tertiary/aromatic N) is 4. The first kappa shape index (κ1) is 22.3. The van der Waals surface area contributed by atoms with Gasteiger partial charge in [0, 0.05) is 23.5 Å². The number of hydrogen-bond donors (Lipinski definition) is 1. The van der Waals surface area contributed by atoms with Gasteiger partial charge in [-0.3, -0.25) is 24.5 Å². The van der Waals surface area contributed by atoms with Crippen molar-refractivity contribution in [2.75, 3.05) is 12.9 Å². The molecule has 0 spiro atoms. The average Bonchev–Trinajstić information content (AvgIpc) is 3.13. The standard InChI is InChI=1S/C19H16F3N5O3S/c1-30-14-4-2-13(3-5-14)17(29)24-15(28)10-31-18-26-25-16(12-6-8-23-9-7-12)27(18)11-19(20,21)22/h2-9H,10-11H2,1H3,(H,24,28,29). The van der Waals surface area contributed by atoms with E-state index in [2.05, 4.69) is 20.5 Å². The normalized spacial score (nSPS) is 11.2. The summed E-state index contributed by atoms with van der Waals surface area (Å²) in [4.78, 5) is 28.1. The van der Waals surface area contributed by atoms with Crippen LogP contribution in [0.4, 0.5) is 13.2 Å². The number of methoxy groups -OCH3 is 1. The van der Waals surface area contributed by atoms with Gasteiger partial charge in [0.05, 0.1) is 12.9 Å². The van der Waals surface area contributed by atoms with Crippen LogP contribution in [0.25, 0.3) is 11.4 Å². The number of benzene rings is 1. The largest absolute Gasteiger partial charge is 0.497 e. The van der Waals surface area contributed by atoms with Crippen LogP contribution < -0.4 is 10.1 Å². The predicted molar refractivity (Wildman–Crippen MR) is 105 cm³/mol. The zero-order valence-corrected chi connectivity index (χ0v) is 16.9. The monoisotopic (exact) mass is 451 g/mol. The Labute approximate surface area is 178 Å².